The van der Waals surface area contributed by atoms with Gasteiger partial charge in [0.1, 0.15) is 0 Å². The number of carbonyl (C=O) groups excluding carboxylic acids is 1. The molecule has 0 saturated carbocycles. The fraction of sp³-hybridized carbons (Fsp3) is 0.286. The van der Waals surface area contributed by atoms with E-state index in [1.807, 2.05) is 27.9 Å². The quantitative estimate of drug-likeness (QED) is 0.754. The highest BCUT2D eigenvalue weighted by atomic mass is 16.2. The number of hydrogen-bond donors (Lipinski definition) is 0. The molecule has 18 heavy (non-hydrogen) atoms. The van der Waals surface area contributed by atoms with Gasteiger partial charge in [-0.25, -0.2) is 0 Å². The lowest BCUT2D eigenvalue weighted by atomic mass is 10.2. The Balaban J connectivity index is 1.88. The van der Waals surface area contributed by atoms with Crippen LogP contribution in [-0.2, 0) is 4.79 Å². The fourth-order valence-corrected chi connectivity index (χ4v) is 2.55. The Hall–Kier alpha value is -2.10. The summed E-state index contributed by atoms with van der Waals surface area (Å²) in [5, 5.41) is 5.59. The summed E-state index contributed by atoms with van der Waals surface area (Å²) in [5.41, 5.74) is 1.13. The number of benzene rings is 1. The number of fused-ring (bicyclic) bond motifs is 1. The van der Waals surface area contributed by atoms with Gasteiger partial charge < -0.3 is 4.90 Å². The normalized spacial score (nSPS) is 19.3. The van der Waals surface area contributed by atoms with Crippen LogP contribution in [0.25, 0.3) is 10.9 Å². The minimum absolute atomic E-state index is 0.00830. The molecule has 0 bridgehead atoms. The van der Waals surface area contributed by atoms with Crippen LogP contribution in [0, 0.1) is 0 Å². The van der Waals surface area contributed by atoms with Crippen molar-refractivity contribution < 1.29 is 4.79 Å². The molecule has 4 nitrogen and oxygen atoms in total. The summed E-state index contributed by atoms with van der Waals surface area (Å²) in [5.74, 6) is 0.00830. The highest BCUT2D eigenvalue weighted by Crippen LogP contribution is 2.25. The van der Waals surface area contributed by atoms with Crippen LogP contribution in [0.2, 0.25) is 0 Å². The molecule has 1 aromatic carbocycles. The number of amides is 1. The first-order valence-electron chi connectivity index (χ1n) is 6.13. The summed E-state index contributed by atoms with van der Waals surface area (Å²) in [6.45, 7) is 5.03. The first-order chi connectivity index (χ1) is 8.79. The summed E-state index contributed by atoms with van der Waals surface area (Å²) >= 11 is 0. The highest BCUT2D eigenvalue weighted by molar-refractivity contribution is 5.87. The maximum atomic E-state index is 11.6. The van der Waals surface area contributed by atoms with Crippen molar-refractivity contribution in [2.75, 3.05) is 13.1 Å². The Morgan fingerprint density at radius 3 is 3.11 bits per heavy atom. The number of likely N-dealkylation sites (tertiary alicyclic amines) is 1. The maximum absolute atomic E-state index is 11.6. The topological polar surface area (TPSA) is 38.1 Å². The van der Waals surface area contributed by atoms with Crippen LogP contribution in [0.15, 0.2) is 43.1 Å². The molecule has 1 fully saturated rings. The van der Waals surface area contributed by atoms with Crippen molar-refractivity contribution in [1.82, 2.24) is 14.7 Å². The molecule has 1 aromatic heterocycles. The second-order valence-corrected chi connectivity index (χ2v) is 4.58. The van der Waals surface area contributed by atoms with Gasteiger partial charge in [-0.15, -0.1) is 0 Å². The fourth-order valence-electron chi connectivity index (χ4n) is 2.55. The van der Waals surface area contributed by atoms with E-state index in [2.05, 4.69) is 23.8 Å². The van der Waals surface area contributed by atoms with Gasteiger partial charge in [0.15, 0.2) is 0 Å². The minimum atomic E-state index is 0.00830. The molecule has 1 amide bonds. The van der Waals surface area contributed by atoms with Gasteiger partial charge in [-0.05, 0) is 18.6 Å². The van der Waals surface area contributed by atoms with Gasteiger partial charge in [-0.1, -0.05) is 24.8 Å². The van der Waals surface area contributed by atoms with Crippen LogP contribution in [0.1, 0.15) is 12.5 Å². The largest absolute Gasteiger partial charge is 0.337 e. The predicted octanol–water partition coefficient (Wildman–Crippen LogP) is 2.00. The van der Waals surface area contributed by atoms with Crippen LogP contribution >= 0.6 is 0 Å². The third-order valence-electron chi connectivity index (χ3n) is 3.50. The van der Waals surface area contributed by atoms with E-state index in [0.717, 1.165) is 30.4 Å². The van der Waals surface area contributed by atoms with Crippen molar-refractivity contribution in [3.63, 3.8) is 0 Å². The lowest BCUT2D eigenvalue weighted by Gasteiger charge is -2.15. The second-order valence-electron chi connectivity index (χ2n) is 4.58. The molecule has 1 aliphatic heterocycles. The van der Waals surface area contributed by atoms with Crippen LogP contribution < -0.4 is 0 Å². The Labute approximate surface area is 106 Å². The second kappa shape index (κ2) is 4.29. The van der Waals surface area contributed by atoms with Crippen molar-refractivity contribution in [1.29, 1.82) is 0 Å². The lowest BCUT2D eigenvalue weighted by Crippen LogP contribution is -2.27. The zero-order valence-corrected chi connectivity index (χ0v) is 10.1. The molecule has 2 aromatic rings. The number of hydrogen-bond acceptors (Lipinski definition) is 2. The molecule has 0 radical (unpaired) electrons. The Morgan fingerprint density at radius 2 is 2.28 bits per heavy atom. The van der Waals surface area contributed by atoms with E-state index in [-0.39, 0.29) is 11.9 Å². The van der Waals surface area contributed by atoms with Crippen molar-refractivity contribution in [3.05, 3.63) is 43.1 Å². The molecule has 1 aliphatic rings. The molecule has 0 spiro atoms. The van der Waals surface area contributed by atoms with E-state index in [1.165, 1.54) is 6.08 Å². The SMILES string of the molecule is C=CC(=O)N1CC[C@H](n2ncc3ccccc32)C1. The van der Waals surface area contributed by atoms with Gasteiger partial charge in [0.2, 0.25) is 5.91 Å². The highest BCUT2D eigenvalue weighted by Gasteiger charge is 2.27. The standard InChI is InChI=1S/C14H15N3O/c1-2-14(18)16-8-7-12(10-16)17-13-6-4-3-5-11(13)9-15-17/h2-6,9,12H,1,7-8,10H2/t12-/m0/s1. The number of rotatable bonds is 2. The van der Waals surface area contributed by atoms with Gasteiger partial charge in [-0.3, -0.25) is 9.48 Å². The Bertz CT molecular complexity index is 602. The van der Waals surface area contributed by atoms with Crippen molar-refractivity contribution in [3.8, 4) is 0 Å². The first-order valence-corrected chi connectivity index (χ1v) is 6.13. The average molecular weight is 241 g/mol. The average Bonchev–Trinajstić information content (AvgIpc) is 3.03. The lowest BCUT2D eigenvalue weighted by molar-refractivity contribution is -0.125. The summed E-state index contributed by atoms with van der Waals surface area (Å²) in [7, 11) is 0. The molecule has 2 heterocycles. The van der Waals surface area contributed by atoms with Gasteiger partial charge in [-0.2, -0.15) is 5.10 Å². The monoisotopic (exact) mass is 241 g/mol. The Kier molecular flexibility index (Phi) is 2.63. The number of para-hydroxylation sites is 1. The van der Waals surface area contributed by atoms with E-state index in [0.29, 0.717) is 0 Å². The van der Waals surface area contributed by atoms with E-state index in [1.54, 1.807) is 0 Å². The van der Waals surface area contributed by atoms with E-state index in [4.69, 9.17) is 0 Å². The van der Waals surface area contributed by atoms with E-state index < -0.39 is 0 Å². The molecule has 92 valence electrons. The number of nitrogens with zero attached hydrogens (tertiary/aromatic N) is 3. The summed E-state index contributed by atoms with van der Waals surface area (Å²) in [6, 6.07) is 8.42. The Morgan fingerprint density at radius 1 is 1.44 bits per heavy atom. The molecular weight excluding hydrogens is 226 g/mol. The van der Waals surface area contributed by atoms with Crippen LogP contribution in [0.3, 0.4) is 0 Å². The van der Waals surface area contributed by atoms with Gasteiger partial charge in [0.05, 0.1) is 17.8 Å². The third-order valence-corrected chi connectivity index (χ3v) is 3.50. The first kappa shape index (κ1) is 11.0. The zero-order valence-electron chi connectivity index (χ0n) is 10.1. The van der Waals surface area contributed by atoms with Crippen molar-refractivity contribution in [2.45, 2.75) is 12.5 Å². The summed E-state index contributed by atoms with van der Waals surface area (Å²) < 4.78 is 2.03. The van der Waals surface area contributed by atoms with E-state index >= 15 is 0 Å². The summed E-state index contributed by atoms with van der Waals surface area (Å²) in [4.78, 5) is 13.4. The maximum Gasteiger partial charge on any atom is 0.246 e. The smallest absolute Gasteiger partial charge is 0.246 e. The molecule has 0 unspecified atom stereocenters. The third kappa shape index (κ3) is 1.70. The molecule has 0 aliphatic carbocycles. The van der Waals surface area contributed by atoms with Gasteiger partial charge >= 0.3 is 0 Å². The van der Waals surface area contributed by atoms with Crippen molar-refractivity contribution >= 4 is 16.8 Å². The predicted molar refractivity (Wildman–Crippen MR) is 70.2 cm³/mol. The van der Waals surface area contributed by atoms with Crippen LogP contribution in [0.4, 0.5) is 0 Å². The summed E-state index contributed by atoms with van der Waals surface area (Å²) in [6.07, 6.45) is 4.21. The van der Waals surface area contributed by atoms with Gasteiger partial charge in [0.25, 0.3) is 0 Å². The van der Waals surface area contributed by atoms with Crippen molar-refractivity contribution in [2.24, 2.45) is 0 Å². The van der Waals surface area contributed by atoms with E-state index in [9.17, 15) is 4.79 Å². The molecule has 3 rings (SSSR count). The molecule has 1 saturated heterocycles. The minimum Gasteiger partial charge on any atom is -0.337 e. The number of carbonyl (C=O) groups is 1. The molecular formula is C14H15N3O. The van der Waals surface area contributed by atoms with Gasteiger partial charge in [0, 0.05) is 18.5 Å². The zero-order chi connectivity index (χ0) is 12.5. The molecule has 4 heteroatoms. The van der Waals surface area contributed by atoms with Crippen LogP contribution in [-0.4, -0.2) is 33.7 Å². The molecule has 0 N–H and O–H groups in total. The number of aromatic nitrogens is 2. The van der Waals surface area contributed by atoms with Crippen LogP contribution in [0.5, 0.6) is 0 Å². The molecule has 1 atom stereocenters.